The number of fused-ring (bicyclic) bond motifs is 1. The summed E-state index contributed by atoms with van der Waals surface area (Å²) in [4.78, 5) is 14.2. The topological polar surface area (TPSA) is 102 Å². The molecule has 174 valence electrons. The molecule has 1 heterocycles. The lowest BCUT2D eigenvalue weighted by atomic mass is 9.86. The van der Waals surface area contributed by atoms with Crippen LogP contribution in [0.5, 0.6) is 5.75 Å². The predicted octanol–water partition coefficient (Wildman–Crippen LogP) is 3.96. The Morgan fingerprint density at radius 3 is 2.48 bits per heavy atom. The average Bonchev–Trinajstić information content (AvgIpc) is 3.13. The molecule has 1 amide bonds. The first-order valence-electron chi connectivity index (χ1n) is 9.64. The summed E-state index contributed by atoms with van der Waals surface area (Å²) in [6.07, 6.45) is -4.85. The third kappa shape index (κ3) is 5.91. The van der Waals surface area contributed by atoms with E-state index in [0.717, 1.165) is 12.1 Å². The second-order valence-corrected chi connectivity index (χ2v) is 7.77. The van der Waals surface area contributed by atoms with E-state index in [1.54, 1.807) is 25.1 Å². The van der Waals surface area contributed by atoms with Crippen LogP contribution in [0.1, 0.15) is 17.3 Å². The van der Waals surface area contributed by atoms with Crippen LogP contribution in [0.2, 0.25) is 5.02 Å². The summed E-state index contributed by atoms with van der Waals surface area (Å²) in [6, 6.07) is 11.5. The number of amides is 1. The van der Waals surface area contributed by atoms with Gasteiger partial charge in [0.25, 0.3) is 5.91 Å². The van der Waals surface area contributed by atoms with Crippen molar-refractivity contribution in [2.24, 2.45) is 5.92 Å². The molecule has 0 spiro atoms. The molecule has 0 radical (unpaired) electrons. The van der Waals surface area contributed by atoms with Crippen molar-refractivity contribution in [3.8, 4) is 11.8 Å². The number of carbonyl (C=O) groups excluding carboxylic acids is 1. The first kappa shape index (κ1) is 24.3. The number of aromatic nitrogens is 3. The maximum atomic E-state index is 12.9. The molecular formula is C21H19ClF3N5O3. The molecule has 0 fully saturated rings. The summed E-state index contributed by atoms with van der Waals surface area (Å²) < 4.78 is 46.1. The quantitative estimate of drug-likeness (QED) is 0.522. The maximum Gasteiger partial charge on any atom is 0.573 e. The molecule has 0 saturated carbocycles. The number of hydrogen-bond acceptors (Lipinski definition) is 6. The van der Waals surface area contributed by atoms with Crippen LogP contribution in [0.15, 0.2) is 42.5 Å². The number of alkyl halides is 3. The van der Waals surface area contributed by atoms with Gasteiger partial charge in [-0.25, -0.2) is 0 Å². The molecule has 0 aliphatic rings. The van der Waals surface area contributed by atoms with E-state index < -0.39 is 29.5 Å². The molecule has 8 nitrogen and oxygen atoms in total. The van der Waals surface area contributed by atoms with Crippen LogP contribution in [0.4, 0.5) is 13.2 Å². The highest BCUT2D eigenvalue weighted by atomic mass is 35.5. The van der Waals surface area contributed by atoms with Crippen molar-refractivity contribution in [2.75, 3.05) is 13.7 Å². The van der Waals surface area contributed by atoms with Gasteiger partial charge in [0.15, 0.2) is 5.54 Å². The van der Waals surface area contributed by atoms with Crippen molar-refractivity contribution in [3.05, 3.63) is 53.1 Å². The summed E-state index contributed by atoms with van der Waals surface area (Å²) in [5.41, 5.74) is -0.385. The minimum absolute atomic E-state index is 0.0409. The fourth-order valence-corrected chi connectivity index (χ4v) is 3.36. The highest BCUT2D eigenvalue weighted by molar-refractivity contribution is 6.31. The summed E-state index contributed by atoms with van der Waals surface area (Å²) in [7, 11) is 1.46. The lowest BCUT2D eigenvalue weighted by Gasteiger charge is -2.32. The third-order valence-corrected chi connectivity index (χ3v) is 5.15. The number of carbonyl (C=O) groups is 1. The molecule has 0 bridgehead atoms. The van der Waals surface area contributed by atoms with Crippen molar-refractivity contribution < 1.29 is 27.4 Å². The van der Waals surface area contributed by atoms with Crippen LogP contribution in [0.3, 0.4) is 0 Å². The number of nitrogens with one attached hydrogen (secondary N) is 1. The first-order valence-corrected chi connectivity index (χ1v) is 10.0. The average molecular weight is 482 g/mol. The minimum Gasteiger partial charge on any atom is -0.406 e. The summed E-state index contributed by atoms with van der Waals surface area (Å²) in [5, 5.41) is 21.9. The van der Waals surface area contributed by atoms with Crippen molar-refractivity contribution in [2.45, 2.75) is 25.4 Å². The smallest absolute Gasteiger partial charge is 0.406 e. The lowest BCUT2D eigenvalue weighted by molar-refractivity contribution is -0.274. The molecule has 1 N–H and O–H groups in total. The fourth-order valence-electron chi connectivity index (χ4n) is 3.19. The van der Waals surface area contributed by atoms with E-state index >= 15 is 0 Å². The van der Waals surface area contributed by atoms with Crippen LogP contribution in [0, 0.1) is 17.2 Å². The van der Waals surface area contributed by atoms with E-state index in [2.05, 4.69) is 26.3 Å². The Hall–Kier alpha value is -3.36. The minimum atomic E-state index is -4.85. The van der Waals surface area contributed by atoms with Gasteiger partial charge in [-0.1, -0.05) is 18.5 Å². The van der Waals surface area contributed by atoms with E-state index in [-0.39, 0.29) is 18.7 Å². The van der Waals surface area contributed by atoms with Gasteiger partial charge in [0.1, 0.15) is 16.8 Å². The number of benzene rings is 2. The lowest BCUT2D eigenvalue weighted by Crippen LogP contribution is -2.56. The Kier molecular flexibility index (Phi) is 7.09. The Balaban J connectivity index is 1.88. The fraction of sp³-hybridized carbons (Fsp3) is 0.333. The number of halogens is 4. The predicted molar refractivity (Wildman–Crippen MR) is 113 cm³/mol. The second-order valence-electron chi connectivity index (χ2n) is 7.33. The molecule has 3 rings (SSSR count). The van der Waals surface area contributed by atoms with Crippen molar-refractivity contribution in [1.82, 2.24) is 20.3 Å². The Morgan fingerprint density at radius 1 is 1.21 bits per heavy atom. The molecule has 0 aliphatic carbocycles. The van der Waals surface area contributed by atoms with Crippen LogP contribution in [-0.4, -0.2) is 46.5 Å². The Bertz CT molecular complexity index is 1180. The molecule has 3 aromatic rings. The second kappa shape index (κ2) is 9.64. The molecular weight excluding hydrogens is 463 g/mol. The summed E-state index contributed by atoms with van der Waals surface area (Å²) >= 11 is 5.99. The number of nitrogens with zero attached hydrogens (tertiary/aromatic N) is 4. The molecule has 1 aromatic heterocycles. The van der Waals surface area contributed by atoms with Gasteiger partial charge in [-0.05, 0) is 42.5 Å². The van der Waals surface area contributed by atoms with E-state index in [1.165, 1.54) is 24.0 Å². The van der Waals surface area contributed by atoms with Gasteiger partial charge in [0, 0.05) is 23.6 Å². The molecule has 2 aromatic carbocycles. The van der Waals surface area contributed by atoms with Gasteiger partial charge in [-0.15, -0.1) is 13.2 Å². The standard InChI is InChI=1S/C21H19ClF3N5O3/c1-13(10-32-2)20(11-26,12-30-28-17-8-5-15(22)9-18(17)29-30)27-19(31)14-3-6-16(7-4-14)33-21(23,24)25/h3-9,13H,10,12H2,1-2H3,(H,27,31). The van der Waals surface area contributed by atoms with E-state index in [0.29, 0.717) is 16.1 Å². The highest BCUT2D eigenvalue weighted by Gasteiger charge is 2.40. The number of hydrogen-bond donors (Lipinski definition) is 1. The van der Waals surface area contributed by atoms with Crippen molar-refractivity contribution in [1.29, 1.82) is 5.26 Å². The number of methoxy groups -OCH3 is 1. The Labute approximate surface area is 191 Å². The SMILES string of the molecule is COCC(C)C(C#N)(Cn1nc2ccc(Cl)cc2n1)NC(=O)c1ccc(OC(F)(F)F)cc1. The van der Waals surface area contributed by atoms with Crippen LogP contribution in [-0.2, 0) is 11.3 Å². The third-order valence-electron chi connectivity index (χ3n) is 4.92. The first-order chi connectivity index (χ1) is 15.5. The molecule has 33 heavy (non-hydrogen) atoms. The molecule has 0 aliphatic heterocycles. The maximum absolute atomic E-state index is 12.9. The van der Waals surface area contributed by atoms with Gasteiger partial charge >= 0.3 is 6.36 Å². The van der Waals surface area contributed by atoms with Crippen molar-refractivity contribution in [3.63, 3.8) is 0 Å². The van der Waals surface area contributed by atoms with Gasteiger partial charge < -0.3 is 14.8 Å². The van der Waals surface area contributed by atoms with Gasteiger partial charge in [0.05, 0.1) is 19.2 Å². The number of nitriles is 1. The molecule has 0 saturated heterocycles. The van der Waals surface area contributed by atoms with Crippen LogP contribution in [0.25, 0.3) is 11.0 Å². The summed E-state index contributed by atoms with van der Waals surface area (Å²) in [6.45, 7) is 1.74. The van der Waals surface area contributed by atoms with Gasteiger partial charge in [0.2, 0.25) is 0 Å². The van der Waals surface area contributed by atoms with E-state index in [4.69, 9.17) is 16.3 Å². The monoisotopic (exact) mass is 481 g/mol. The van der Waals surface area contributed by atoms with Gasteiger partial charge in [-0.2, -0.15) is 20.3 Å². The van der Waals surface area contributed by atoms with Crippen LogP contribution >= 0.6 is 11.6 Å². The highest BCUT2D eigenvalue weighted by Crippen LogP contribution is 2.25. The zero-order valence-electron chi connectivity index (χ0n) is 17.6. The molecule has 2 unspecified atom stereocenters. The largest absolute Gasteiger partial charge is 0.573 e. The summed E-state index contributed by atoms with van der Waals surface area (Å²) in [5.74, 6) is -1.63. The molecule has 2 atom stereocenters. The zero-order chi connectivity index (χ0) is 24.2. The van der Waals surface area contributed by atoms with E-state index in [9.17, 15) is 23.2 Å². The number of rotatable bonds is 8. The van der Waals surface area contributed by atoms with Gasteiger partial charge in [-0.3, -0.25) is 4.79 Å². The normalized spacial score (nSPS) is 14.3. The van der Waals surface area contributed by atoms with E-state index in [1.807, 2.05) is 0 Å². The zero-order valence-corrected chi connectivity index (χ0v) is 18.3. The molecule has 12 heteroatoms. The van der Waals surface area contributed by atoms with Crippen molar-refractivity contribution >= 4 is 28.5 Å². The van der Waals surface area contributed by atoms with Crippen LogP contribution < -0.4 is 10.1 Å². The Morgan fingerprint density at radius 2 is 1.88 bits per heavy atom. The number of ether oxygens (including phenoxy) is 2.